The van der Waals surface area contributed by atoms with E-state index in [-0.39, 0.29) is 18.6 Å². The predicted octanol–water partition coefficient (Wildman–Crippen LogP) is 3.73. The van der Waals surface area contributed by atoms with Gasteiger partial charge in [-0.25, -0.2) is 0 Å². The van der Waals surface area contributed by atoms with E-state index in [4.69, 9.17) is 10.00 Å². The maximum atomic E-state index is 12.6. The molecule has 0 bridgehead atoms. The van der Waals surface area contributed by atoms with Crippen molar-refractivity contribution in [3.63, 3.8) is 0 Å². The second-order valence-corrected chi connectivity index (χ2v) is 6.83. The molecule has 0 aliphatic carbocycles. The van der Waals surface area contributed by atoms with E-state index in [2.05, 4.69) is 24.4 Å². The number of hydrogen-bond donors (Lipinski definition) is 0. The number of amides is 1. The minimum atomic E-state index is 0.0276. The molecule has 1 amide bonds. The summed E-state index contributed by atoms with van der Waals surface area (Å²) < 4.78 is 5.64. The number of rotatable bonds is 5. The van der Waals surface area contributed by atoms with Crippen LogP contribution in [0.4, 0.5) is 0 Å². The monoisotopic (exact) mass is 340 g/mol. The lowest BCUT2D eigenvalue weighted by atomic mass is 9.98. The Labute approximate surface area is 146 Å². The molecule has 0 N–H and O–H groups in total. The fourth-order valence-electron chi connectivity index (χ4n) is 3.16. The normalized spacial score (nSPS) is 16.3. The van der Waals surface area contributed by atoms with Crippen LogP contribution in [0.5, 0.6) is 5.75 Å². The van der Waals surface area contributed by atoms with Crippen LogP contribution in [0.2, 0.25) is 0 Å². The highest BCUT2D eigenvalue weighted by Crippen LogP contribution is 2.35. The van der Waals surface area contributed by atoms with Gasteiger partial charge in [-0.3, -0.25) is 4.79 Å². The zero-order valence-electron chi connectivity index (χ0n) is 13.7. The Morgan fingerprint density at radius 2 is 2.17 bits per heavy atom. The number of nitrogens with zero attached hydrogens (tertiary/aromatic N) is 2. The molecule has 1 aromatic carbocycles. The predicted molar refractivity (Wildman–Crippen MR) is 94.0 cm³/mol. The smallest absolute Gasteiger partial charge is 0.261 e. The molecule has 3 rings (SSSR count). The van der Waals surface area contributed by atoms with Crippen LogP contribution in [-0.2, 0) is 17.6 Å². The summed E-state index contributed by atoms with van der Waals surface area (Å²) in [5, 5.41) is 10.8. The Kier molecular flexibility index (Phi) is 5.17. The van der Waals surface area contributed by atoms with Gasteiger partial charge >= 0.3 is 0 Å². The highest BCUT2D eigenvalue weighted by Gasteiger charge is 2.30. The van der Waals surface area contributed by atoms with Crippen molar-refractivity contribution in [3.8, 4) is 11.8 Å². The van der Waals surface area contributed by atoms with Crippen LogP contribution < -0.4 is 4.74 Å². The van der Waals surface area contributed by atoms with Crippen molar-refractivity contribution >= 4 is 17.2 Å². The van der Waals surface area contributed by atoms with Crippen molar-refractivity contribution in [1.82, 2.24) is 4.90 Å². The first kappa shape index (κ1) is 16.5. The minimum absolute atomic E-state index is 0.0276. The summed E-state index contributed by atoms with van der Waals surface area (Å²) in [4.78, 5) is 15.9. The van der Waals surface area contributed by atoms with Crippen molar-refractivity contribution in [2.24, 2.45) is 0 Å². The van der Waals surface area contributed by atoms with Gasteiger partial charge in [0, 0.05) is 11.4 Å². The third-order valence-corrected chi connectivity index (χ3v) is 5.37. The van der Waals surface area contributed by atoms with Gasteiger partial charge in [-0.15, -0.1) is 11.3 Å². The van der Waals surface area contributed by atoms with Crippen molar-refractivity contribution in [2.45, 2.75) is 32.2 Å². The minimum Gasteiger partial charge on any atom is -0.484 e. The van der Waals surface area contributed by atoms with Gasteiger partial charge in [0.2, 0.25) is 0 Å². The first-order valence-corrected chi connectivity index (χ1v) is 9.05. The molecule has 2 aromatic rings. The van der Waals surface area contributed by atoms with Crippen molar-refractivity contribution in [1.29, 1.82) is 5.26 Å². The molecule has 1 atom stereocenters. The number of carbonyl (C=O) groups excluding carboxylic acids is 1. The summed E-state index contributed by atoms with van der Waals surface area (Å²) in [6.07, 6.45) is 2.23. The summed E-state index contributed by atoms with van der Waals surface area (Å²) >= 11 is 1.78. The van der Waals surface area contributed by atoms with E-state index < -0.39 is 0 Å². The number of nitriles is 1. The summed E-state index contributed by atoms with van der Waals surface area (Å²) in [7, 11) is 0. The first-order chi connectivity index (χ1) is 11.7. The van der Waals surface area contributed by atoms with Crippen LogP contribution in [0.3, 0.4) is 0 Å². The number of thiophene rings is 1. The fraction of sp³-hybridized carbons (Fsp3) is 0.368. The molecule has 5 heteroatoms. The Hall–Kier alpha value is -2.32. The summed E-state index contributed by atoms with van der Waals surface area (Å²) in [5.41, 5.74) is 2.24. The molecule has 0 unspecified atom stereocenters. The molecule has 1 aliphatic heterocycles. The fourth-order valence-corrected chi connectivity index (χ4v) is 4.09. The zero-order valence-corrected chi connectivity index (χ0v) is 14.5. The van der Waals surface area contributed by atoms with Crippen molar-refractivity contribution < 1.29 is 9.53 Å². The van der Waals surface area contributed by atoms with Gasteiger partial charge in [0.1, 0.15) is 5.75 Å². The lowest BCUT2D eigenvalue weighted by molar-refractivity contribution is -0.136. The van der Waals surface area contributed by atoms with Gasteiger partial charge in [0.05, 0.1) is 18.5 Å². The topological polar surface area (TPSA) is 53.3 Å². The largest absolute Gasteiger partial charge is 0.484 e. The number of benzene rings is 1. The highest BCUT2D eigenvalue weighted by atomic mass is 32.1. The van der Waals surface area contributed by atoms with Gasteiger partial charge in [-0.05, 0) is 47.5 Å². The molecule has 1 aliphatic rings. The van der Waals surface area contributed by atoms with Crippen LogP contribution in [0.1, 0.15) is 35.4 Å². The van der Waals surface area contributed by atoms with Crippen LogP contribution >= 0.6 is 11.3 Å². The third-order valence-electron chi connectivity index (χ3n) is 4.37. The lowest BCUT2D eigenvalue weighted by Gasteiger charge is -2.35. The average Bonchev–Trinajstić information content (AvgIpc) is 3.09. The Bertz CT molecular complexity index is 745. The summed E-state index contributed by atoms with van der Waals surface area (Å²) in [6.45, 7) is 2.93. The van der Waals surface area contributed by atoms with Gasteiger partial charge in [0.15, 0.2) is 6.61 Å². The SMILES string of the molecule is CC[C@H]1c2ccsc2CCN1C(=O)COc1ccc(CC#N)cc1. The second-order valence-electron chi connectivity index (χ2n) is 5.83. The number of hydrogen-bond acceptors (Lipinski definition) is 4. The second kappa shape index (κ2) is 7.50. The van der Waals surface area contributed by atoms with E-state index in [0.717, 1.165) is 24.9 Å². The maximum Gasteiger partial charge on any atom is 0.261 e. The molecule has 0 spiro atoms. The molecule has 0 radical (unpaired) electrons. The lowest BCUT2D eigenvalue weighted by Crippen LogP contribution is -2.41. The number of carbonyl (C=O) groups is 1. The standard InChI is InChI=1S/C19H20N2O2S/c1-2-17-16-9-12-24-18(16)8-11-21(17)19(22)13-23-15-5-3-14(4-6-15)7-10-20/h3-6,9,12,17H,2,7-8,11,13H2,1H3/t17-/m0/s1. The van der Waals surface area contributed by atoms with Gasteiger partial charge < -0.3 is 9.64 Å². The van der Waals surface area contributed by atoms with Crippen LogP contribution in [0.15, 0.2) is 35.7 Å². The number of fused-ring (bicyclic) bond motifs is 1. The highest BCUT2D eigenvalue weighted by molar-refractivity contribution is 7.10. The van der Waals surface area contributed by atoms with Gasteiger partial charge in [-0.1, -0.05) is 19.1 Å². The van der Waals surface area contributed by atoms with Crippen LogP contribution in [0.25, 0.3) is 0 Å². The zero-order chi connectivity index (χ0) is 16.9. The molecule has 24 heavy (non-hydrogen) atoms. The first-order valence-electron chi connectivity index (χ1n) is 8.17. The molecular formula is C19H20N2O2S. The molecule has 0 fully saturated rings. The maximum absolute atomic E-state index is 12.6. The molecular weight excluding hydrogens is 320 g/mol. The summed E-state index contributed by atoms with van der Waals surface area (Å²) in [5.74, 6) is 0.686. The Balaban J connectivity index is 1.62. The molecule has 0 saturated carbocycles. The van der Waals surface area contributed by atoms with Gasteiger partial charge in [0.25, 0.3) is 5.91 Å². The Morgan fingerprint density at radius 1 is 1.38 bits per heavy atom. The van der Waals surface area contributed by atoms with Crippen molar-refractivity contribution in [2.75, 3.05) is 13.2 Å². The van der Waals surface area contributed by atoms with E-state index in [1.165, 1.54) is 10.4 Å². The van der Waals surface area contributed by atoms with Crippen molar-refractivity contribution in [3.05, 3.63) is 51.7 Å². The van der Waals surface area contributed by atoms with E-state index in [0.29, 0.717) is 12.2 Å². The quantitative estimate of drug-likeness (QED) is 0.833. The molecule has 0 saturated heterocycles. The summed E-state index contributed by atoms with van der Waals surface area (Å²) in [6, 6.07) is 11.8. The van der Waals surface area contributed by atoms with Gasteiger partial charge in [-0.2, -0.15) is 5.26 Å². The van der Waals surface area contributed by atoms with E-state index in [9.17, 15) is 4.79 Å². The number of ether oxygens (including phenoxy) is 1. The Morgan fingerprint density at radius 3 is 2.88 bits per heavy atom. The van der Waals surface area contributed by atoms with E-state index >= 15 is 0 Å². The van der Waals surface area contributed by atoms with Crippen LogP contribution in [0, 0.1) is 11.3 Å². The van der Waals surface area contributed by atoms with E-state index in [1.807, 2.05) is 29.2 Å². The van der Waals surface area contributed by atoms with E-state index in [1.54, 1.807) is 11.3 Å². The molecule has 4 nitrogen and oxygen atoms in total. The third kappa shape index (κ3) is 3.44. The van der Waals surface area contributed by atoms with Crippen LogP contribution in [-0.4, -0.2) is 24.0 Å². The average molecular weight is 340 g/mol. The molecule has 1 aromatic heterocycles. The molecule has 124 valence electrons. The molecule has 2 heterocycles.